The number of rotatable bonds is 4. The molecule has 0 saturated heterocycles. The summed E-state index contributed by atoms with van der Waals surface area (Å²) >= 11 is 0. The number of para-hydroxylation sites is 1. The fourth-order valence-electron chi connectivity index (χ4n) is 1.43. The van der Waals surface area contributed by atoms with E-state index in [2.05, 4.69) is 10.1 Å². The van der Waals surface area contributed by atoms with Gasteiger partial charge < -0.3 is 14.4 Å². The second-order valence-corrected chi connectivity index (χ2v) is 3.73. The Morgan fingerprint density at radius 3 is 2.88 bits per heavy atom. The third-order valence-electron chi connectivity index (χ3n) is 2.53. The third-order valence-corrected chi connectivity index (χ3v) is 2.53. The summed E-state index contributed by atoms with van der Waals surface area (Å²) in [5, 5.41) is 13.4. The zero-order chi connectivity index (χ0) is 12.3. The summed E-state index contributed by atoms with van der Waals surface area (Å²) < 4.78 is 10.2. The van der Waals surface area contributed by atoms with E-state index in [-0.39, 0.29) is 11.9 Å². The van der Waals surface area contributed by atoms with Crippen molar-refractivity contribution in [3.63, 3.8) is 0 Å². The molecule has 17 heavy (non-hydrogen) atoms. The van der Waals surface area contributed by atoms with E-state index >= 15 is 0 Å². The minimum Gasteiger partial charge on any atom is -0.508 e. The van der Waals surface area contributed by atoms with Crippen LogP contribution >= 0.6 is 0 Å². The molecule has 0 fully saturated rings. The van der Waals surface area contributed by atoms with Gasteiger partial charge in [0.1, 0.15) is 11.9 Å². The zero-order valence-electron chi connectivity index (χ0n) is 9.75. The Bertz CT molecular complexity index is 496. The highest BCUT2D eigenvalue weighted by molar-refractivity contribution is 5.33. The summed E-state index contributed by atoms with van der Waals surface area (Å²) in [7, 11) is 1.59. The van der Waals surface area contributed by atoms with Gasteiger partial charge in [-0.15, -0.1) is 0 Å². The van der Waals surface area contributed by atoms with Gasteiger partial charge in [-0.1, -0.05) is 23.4 Å². The molecule has 1 aromatic carbocycles. The molecule has 1 N–H and O–H groups in total. The monoisotopic (exact) mass is 234 g/mol. The largest absolute Gasteiger partial charge is 0.508 e. The maximum absolute atomic E-state index is 9.62. The number of phenols is 1. The fraction of sp³-hybridized carbons (Fsp3) is 0.333. The van der Waals surface area contributed by atoms with Crippen molar-refractivity contribution in [1.82, 2.24) is 10.1 Å². The average molecular weight is 234 g/mol. The Hall–Kier alpha value is -1.88. The minimum absolute atomic E-state index is 0.197. The molecule has 0 aliphatic rings. The number of benzene rings is 1. The molecule has 2 rings (SSSR count). The first-order chi connectivity index (χ1) is 8.20. The first-order valence-electron chi connectivity index (χ1n) is 5.33. The van der Waals surface area contributed by atoms with Crippen molar-refractivity contribution in [1.29, 1.82) is 0 Å². The number of aromatic hydroxyl groups is 1. The van der Waals surface area contributed by atoms with Crippen LogP contribution in [-0.2, 0) is 11.2 Å². The predicted molar refractivity (Wildman–Crippen MR) is 60.6 cm³/mol. The quantitative estimate of drug-likeness (QED) is 0.877. The van der Waals surface area contributed by atoms with Gasteiger partial charge in [0.25, 0.3) is 0 Å². The zero-order valence-corrected chi connectivity index (χ0v) is 9.75. The first-order valence-corrected chi connectivity index (χ1v) is 5.33. The molecule has 0 aliphatic carbocycles. The molecule has 0 amide bonds. The lowest BCUT2D eigenvalue weighted by molar-refractivity contribution is 0.109. The van der Waals surface area contributed by atoms with Crippen molar-refractivity contribution in [2.75, 3.05) is 7.11 Å². The molecule has 0 aliphatic heterocycles. The lowest BCUT2D eigenvalue weighted by Gasteiger charge is -2.01. The molecule has 0 spiro atoms. The number of hydrogen-bond acceptors (Lipinski definition) is 5. The van der Waals surface area contributed by atoms with Gasteiger partial charge in [-0.05, 0) is 13.0 Å². The Kier molecular flexibility index (Phi) is 3.39. The van der Waals surface area contributed by atoms with Crippen molar-refractivity contribution >= 4 is 0 Å². The Morgan fingerprint density at radius 2 is 2.18 bits per heavy atom. The van der Waals surface area contributed by atoms with Gasteiger partial charge in [-0.25, -0.2) is 0 Å². The van der Waals surface area contributed by atoms with Crippen molar-refractivity contribution in [3.8, 4) is 5.75 Å². The lowest BCUT2D eigenvalue weighted by atomic mass is 10.1. The van der Waals surface area contributed by atoms with Crippen LogP contribution in [0.3, 0.4) is 0 Å². The smallest absolute Gasteiger partial charge is 0.231 e. The maximum atomic E-state index is 9.62. The van der Waals surface area contributed by atoms with E-state index in [9.17, 15) is 5.11 Å². The Labute approximate surface area is 99.0 Å². The molecule has 1 unspecified atom stereocenters. The van der Waals surface area contributed by atoms with Crippen LogP contribution in [0.15, 0.2) is 28.8 Å². The normalized spacial score (nSPS) is 12.6. The van der Waals surface area contributed by atoms with Gasteiger partial charge in [-0.3, -0.25) is 0 Å². The topological polar surface area (TPSA) is 68.4 Å². The number of aromatic nitrogens is 2. The molecule has 5 nitrogen and oxygen atoms in total. The van der Waals surface area contributed by atoms with E-state index in [1.807, 2.05) is 19.1 Å². The van der Waals surface area contributed by atoms with Crippen LogP contribution in [0.25, 0.3) is 0 Å². The Balaban J connectivity index is 2.14. The molecule has 5 heteroatoms. The van der Waals surface area contributed by atoms with E-state index in [1.54, 1.807) is 19.2 Å². The van der Waals surface area contributed by atoms with Crippen molar-refractivity contribution < 1.29 is 14.4 Å². The van der Waals surface area contributed by atoms with Crippen LogP contribution in [-0.4, -0.2) is 22.4 Å². The summed E-state index contributed by atoms with van der Waals surface area (Å²) in [6.45, 7) is 1.84. The Morgan fingerprint density at radius 1 is 1.41 bits per heavy atom. The molecule has 2 aromatic rings. The number of ether oxygens (including phenoxy) is 1. The number of hydrogen-bond donors (Lipinski definition) is 1. The predicted octanol–water partition coefficient (Wildman–Crippen LogP) is 2.07. The van der Waals surface area contributed by atoms with E-state index in [4.69, 9.17) is 9.26 Å². The molecular formula is C12H14N2O3. The van der Waals surface area contributed by atoms with E-state index in [0.717, 1.165) is 5.56 Å². The van der Waals surface area contributed by atoms with Crippen LogP contribution in [0.5, 0.6) is 5.75 Å². The molecule has 1 aromatic heterocycles. The highest BCUT2D eigenvalue weighted by Crippen LogP contribution is 2.20. The van der Waals surface area contributed by atoms with Gasteiger partial charge in [0.05, 0.1) is 6.42 Å². The second-order valence-electron chi connectivity index (χ2n) is 3.73. The van der Waals surface area contributed by atoms with E-state index in [0.29, 0.717) is 18.1 Å². The van der Waals surface area contributed by atoms with Gasteiger partial charge in [0.2, 0.25) is 5.89 Å². The number of nitrogens with zero attached hydrogens (tertiary/aromatic N) is 2. The highest BCUT2D eigenvalue weighted by atomic mass is 16.5. The second kappa shape index (κ2) is 4.97. The molecule has 0 radical (unpaired) electrons. The first kappa shape index (κ1) is 11.6. The summed E-state index contributed by atoms with van der Waals surface area (Å²) in [6, 6.07) is 7.07. The summed E-state index contributed by atoms with van der Waals surface area (Å²) in [5.41, 5.74) is 0.757. The van der Waals surface area contributed by atoms with Crippen LogP contribution < -0.4 is 0 Å². The van der Waals surface area contributed by atoms with Gasteiger partial charge >= 0.3 is 0 Å². The van der Waals surface area contributed by atoms with Gasteiger partial charge in [-0.2, -0.15) is 4.98 Å². The number of methoxy groups -OCH3 is 1. The summed E-state index contributed by atoms with van der Waals surface area (Å²) in [4.78, 5) is 4.20. The van der Waals surface area contributed by atoms with Crippen LogP contribution in [0.4, 0.5) is 0 Å². The highest BCUT2D eigenvalue weighted by Gasteiger charge is 2.13. The molecule has 0 bridgehead atoms. The maximum Gasteiger partial charge on any atom is 0.231 e. The molecule has 90 valence electrons. The molecule has 1 heterocycles. The molecular weight excluding hydrogens is 220 g/mol. The number of phenolic OH excluding ortho intramolecular Hbond substituents is 1. The van der Waals surface area contributed by atoms with Crippen molar-refractivity contribution in [2.24, 2.45) is 0 Å². The van der Waals surface area contributed by atoms with Crippen LogP contribution in [0.2, 0.25) is 0 Å². The van der Waals surface area contributed by atoms with Gasteiger partial charge in [0.15, 0.2) is 5.82 Å². The van der Waals surface area contributed by atoms with Crippen LogP contribution in [0, 0.1) is 0 Å². The van der Waals surface area contributed by atoms with Crippen LogP contribution in [0.1, 0.15) is 30.3 Å². The van der Waals surface area contributed by atoms with E-state index < -0.39 is 0 Å². The van der Waals surface area contributed by atoms with Crippen molar-refractivity contribution in [2.45, 2.75) is 19.4 Å². The summed E-state index contributed by atoms with van der Waals surface area (Å²) in [6.07, 6.45) is 0.215. The van der Waals surface area contributed by atoms with Crippen molar-refractivity contribution in [3.05, 3.63) is 41.5 Å². The average Bonchev–Trinajstić information content (AvgIpc) is 2.80. The minimum atomic E-state index is -0.197. The molecule has 1 atom stereocenters. The third kappa shape index (κ3) is 2.62. The fourth-order valence-corrected chi connectivity index (χ4v) is 1.43. The summed E-state index contributed by atoms with van der Waals surface area (Å²) in [5.74, 6) is 1.20. The SMILES string of the molecule is COC(C)c1noc(Cc2ccccc2O)n1. The lowest BCUT2D eigenvalue weighted by Crippen LogP contribution is -1.98. The van der Waals surface area contributed by atoms with E-state index in [1.165, 1.54) is 0 Å². The van der Waals surface area contributed by atoms with Gasteiger partial charge in [0, 0.05) is 12.7 Å². The standard InChI is InChI=1S/C12H14N2O3/c1-8(16-2)12-13-11(17-14-12)7-9-5-3-4-6-10(9)15/h3-6,8,15H,7H2,1-2H3. The molecule has 0 saturated carbocycles.